The van der Waals surface area contributed by atoms with Crippen LogP contribution in [0, 0.1) is 11.3 Å². The minimum Gasteiger partial charge on any atom is -0.399 e. The molecule has 3 aromatic rings. The fourth-order valence-corrected chi connectivity index (χ4v) is 3.31. The maximum absolute atomic E-state index is 9.13. The van der Waals surface area contributed by atoms with E-state index in [0.29, 0.717) is 5.56 Å². The van der Waals surface area contributed by atoms with Crippen LogP contribution in [0.4, 0.5) is 5.69 Å². The quantitative estimate of drug-likeness (QED) is 0.562. The van der Waals surface area contributed by atoms with E-state index in [1.165, 1.54) is 11.1 Å². The lowest BCUT2D eigenvalue weighted by Crippen LogP contribution is -2.07. The van der Waals surface area contributed by atoms with E-state index in [1.54, 1.807) is 0 Å². The number of hydrogen-bond acceptors (Lipinski definition) is 4. The summed E-state index contributed by atoms with van der Waals surface area (Å²) in [7, 11) is 0. The summed E-state index contributed by atoms with van der Waals surface area (Å²) in [6.07, 6.45) is 0.224. The number of rotatable bonds is 5. The van der Waals surface area contributed by atoms with E-state index in [0.717, 1.165) is 24.3 Å². The highest BCUT2D eigenvalue weighted by Crippen LogP contribution is 2.44. The maximum Gasteiger partial charge on any atom is 0.116 e. The van der Waals surface area contributed by atoms with Crippen molar-refractivity contribution in [3.05, 3.63) is 101 Å². The van der Waals surface area contributed by atoms with Gasteiger partial charge in [0, 0.05) is 18.8 Å². The van der Waals surface area contributed by atoms with Gasteiger partial charge < -0.3 is 5.73 Å². The van der Waals surface area contributed by atoms with E-state index in [4.69, 9.17) is 11.0 Å². The predicted octanol–water partition coefficient (Wildman–Crippen LogP) is 4.07. The van der Waals surface area contributed by atoms with Crippen molar-refractivity contribution < 1.29 is 0 Å². The van der Waals surface area contributed by atoms with E-state index in [-0.39, 0.29) is 6.17 Å². The van der Waals surface area contributed by atoms with Crippen LogP contribution >= 0.6 is 0 Å². The number of nitriles is 1. The van der Waals surface area contributed by atoms with E-state index in [2.05, 4.69) is 58.6 Å². The second kappa shape index (κ2) is 7.01. The molecule has 0 aliphatic carbocycles. The molecule has 0 radical (unpaired) electrons. The van der Waals surface area contributed by atoms with Crippen molar-refractivity contribution >= 4 is 5.69 Å². The molecule has 0 amide bonds. The zero-order valence-corrected chi connectivity index (χ0v) is 14.4. The smallest absolute Gasteiger partial charge is 0.116 e. The average molecular weight is 340 g/mol. The largest absolute Gasteiger partial charge is 0.399 e. The summed E-state index contributed by atoms with van der Waals surface area (Å²) in [5.41, 5.74) is 11.0. The summed E-state index contributed by atoms with van der Waals surface area (Å²) in [4.78, 5) is 0. The predicted molar refractivity (Wildman–Crippen MR) is 102 cm³/mol. The summed E-state index contributed by atoms with van der Waals surface area (Å²) in [6.45, 7) is 1.63. The summed E-state index contributed by atoms with van der Waals surface area (Å²) in [6, 6.07) is 28.6. The highest BCUT2D eigenvalue weighted by molar-refractivity contribution is 5.41. The number of nitrogens with two attached hydrogens (primary N) is 1. The van der Waals surface area contributed by atoms with E-state index >= 15 is 0 Å². The second-order valence-electron chi connectivity index (χ2n) is 6.53. The van der Waals surface area contributed by atoms with Gasteiger partial charge in [0.25, 0.3) is 0 Å². The molecule has 1 fully saturated rings. The molecule has 0 bridgehead atoms. The fourth-order valence-electron chi connectivity index (χ4n) is 3.31. The van der Waals surface area contributed by atoms with Gasteiger partial charge in [0.2, 0.25) is 0 Å². The fraction of sp³-hybridized carbons (Fsp3) is 0.136. The Morgan fingerprint density at radius 3 is 2.15 bits per heavy atom. The number of nitrogens with zero attached hydrogens (tertiary/aromatic N) is 3. The van der Waals surface area contributed by atoms with Gasteiger partial charge in [-0.25, -0.2) is 10.0 Å². The van der Waals surface area contributed by atoms with E-state index in [1.807, 2.05) is 36.4 Å². The molecule has 4 nitrogen and oxygen atoms in total. The van der Waals surface area contributed by atoms with Crippen molar-refractivity contribution in [3.63, 3.8) is 0 Å². The van der Waals surface area contributed by atoms with Gasteiger partial charge in [0.1, 0.15) is 6.17 Å². The van der Waals surface area contributed by atoms with Crippen molar-refractivity contribution in [3.8, 4) is 6.07 Å². The van der Waals surface area contributed by atoms with Crippen LogP contribution in [0.3, 0.4) is 0 Å². The van der Waals surface area contributed by atoms with Crippen molar-refractivity contribution in [2.45, 2.75) is 19.3 Å². The first kappa shape index (κ1) is 16.3. The third-order valence-corrected chi connectivity index (χ3v) is 4.66. The van der Waals surface area contributed by atoms with Crippen LogP contribution in [-0.2, 0) is 13.1 Å². The van der Waals surface area contributed by atoms with Crippen LogP contribution in [0.2, 0.25) is 0 Å². The van der Waals surface area contributed by atoms with Crippen molar-refractivity contribution in [2.24, 2.45) is 0 Å². The molecule has 26 heavy (non-hydrogen) atoms. The standard InChI is InChI=1S/C22H20N4/c23-14-18-7-4-8-19(13-18)16-26-22(20-9-11-21(24)12-10-20)25(26)15-17-5-2-1-3-6-17/h1-13,22H,15-16,24H2/t22?,25-,26+/m0/s1. The van der Waals surface area contributed by atoms with Gasteiger partial charge >= 0.3 is 0 Å². The molecule has 1 saturated heterocycles. The average Bonchev–Trinajstić information content (AvgIpc) is 3.34. The minimum atomic E-state index is 0.224. The molecular formula is C22H20N4. The summed E-state index contributed by atoms with van der Waals surface area (Å²) in [5.74, 6) is 0. The Labute approximate surface area is 153 Å². The number of benzene rings is 3. The minimum absolute atomic E-state index is 0.224. The topological polar surface area (TPSA) is 55.8 Å². The molecule has 0 aromatic heterocycles. The zero-order valence-electron chi connectivity index (χ0n) is 14.4. The Balaban J connectivity index is 1.57. The monoisotopic (exact) mass is 340 g/mol. The Morgan fingerprint density at radius 2 is 1.46 bits per heavy atom. The molecule has 1 unspecified atom stereocenters. The van der Waals surface area contributed by atoms with Gasteiger partial charge in [0.15, 0.2) is 0 Å². The summed E-state index contributed by atoms with van der Waals surface area (Å²) < 4.78 is 0. The molecule has 1 aliphatic rings. The molecule has 2 N–H and O–H groups in total. The zero-order chi connectivity index (χ0) is 17.9. The molecule has 1 heterocycles. The van der Waals surface area contributed by atoms with Crippen LogP contribution < -0.4 is 5.73 Å². The first-order valence-electron chi connectivity index (χ1n) is 8.66. The molecule has 0 spiro atoms. The van der Waals surface area contributed by atoms with Crippen LogP contribution in [-0.4, -0.2) is 10.0 Å². The van der Waals surface area contributed by atoms with Crippen molar-refractivity contribution in [1.29, 1.82) is 5.26 Å². The molecule has 3 aromatic carbocycles. The maximum atomic E-state index is 9.13. The first-order chi connectivity index (χ1) is 12.7. The molecule has 3 atom stereocenters. The number of hydrazine groups is 1. The second-order valence-corrected chi connectivity index (χ2v) is 6.53. The van der Waals surface area contributed by atoms with E-state index in [9.17, 15) is 0 Å². The van der Waals surface area contributed by atoms with Crippen LogP contribution in [0.5, 0.6) is 0 Å². The lowest BCUT2D eigenvalue weighted by Gasteiger charge is -2.05. The highest BCUT2D eigenvalue weighted by atomic mass is 15.9. The van der Waals surface area contributed by atoms with Gasteiger partial charge in [-0.05, 0) is 41.0 Å². The molecular weight excluding hydrogens is 320 g/mol. The van der Waals surface area contributed by atoms with E-state index < -0.39 is 0 Å². The number of nitrogen functional groups attached to an aromatic ring is 1. The lowest BCUT2D eigenvalue weighted by molar-refractivity contribution is 0.293. The molecule has 4 rings (SSSR count). The van der Waals surface area contributed by atoms with Crippen LogP contribution in [0.25, 0.3) is 0 Å². The molecule has 1 aliphatic heterocycles. The summed E-state index contributed by atoms with van der Waals surface area (Å²) in [5, 5.41) is 13.8. The third-order valence-electron chi connectivity index (χ3n) is 4.66. The molecule has 4 heteroatoms. The van der Waals surface area contributed by atoms with Crippen molar-refractivity contribution in [1.82, 2.24) is 10.0 Å². The van der Waals surface area contributed by atoms with Gasteiger partial charge in [-0.3, -0.25) is 0 Å². The third kappa shape index (κ3) is 3.45. The molecule has 0 saturated carbocycles. The Bertz CT molecular complexity index is 928. The van der Waals surface area contributed by atoms with Crippen LogP contribution in [0.1, 0.15) is 28.4 Å². The summed E-state index contributed by atoms with van der Waals surface area (Å²) >= 11 is 0. The highest BCUT2D eigenvalue weighted by Gasteiger charge is 2.45. The van der Waals surface area contributed by atoms with Crippen molar-refractivity contribution in [2.75, 3.05) is 5.73 Å². The van der Waals surface area contributed by atoms with Gasteiger partial charge in [0.05, 0.1) is 11.6 Å². The Kier molecular flexibility index (Phi) is 4.40. The lowest BCUT2D eigenvalue weighted by atomic mass is 10.1. The van der Waals surface area contributed by atoms with Gasteiger partial charge in [-0.2, -0.15) is 5.26 Å². The SMILES string of the molecule is N#Cc1cccc(C[N@]2C(c3ccc(N)cc3)[N@]2Cc2ccccc2)c1. The first-order valence-corrected chi connectivity index (χ1v) is 8.66. The van der Waals surface area contributed by atoms with Gasteiger partial charge in [-0.15, -0.1) is 0 Å². The normalized spacial score (nSPS) is 21.1. The van der Waals surface area contributed by atoms with Gasteiger partial charge in [-0.1, -0.05) is 54.6 Å². The Morgan fingerprint density at radius 1 is 0.808 bits per heavy atom. The number of anilines is 1. The van der Waals surface area contributed by atoms with Crippen LogP contribution in [0.15, 0.2) is 78.9 Å². The molecule has 128 valence electrons. The number of hydrogen-bond donors (Lipinski definition) is 1. The Hall–Kier alpha value is -3.13.